The molecule has 0 aromatic rings. The van der Waals surface area contributed by atoms with Crippen LogP contribution >= 0.6 is 11.6 Å². The number of alkyl halides is 1. The number of rotatable bonds is 7. The lowest BCUT2D eigenvalue weighted by atomic mass is 10.1. The second-order valence-corrected chi connectivity index (χ2v) is 6.10. The van der Waals surface area contributed by atoms with E-state index in [1.165, 1.54) is 0 Å². The van der Waals surface area contributed by atoms with Crippen LogP contribution in [-0.4, -0.2) is 39.8 Å². The summed E-state index contributed by atoms with van der Waals surface area (Å²) in [6.07, 6.45) is 2.32. The van der Waals surface area contributed by atoms with Gasteiger partial charge in [0.05, 0.1) is 12.4 Å². The third-order valence-electron chi connectivity index (χ3n) is 2.41. The lowest BCUT2D eigenvalue weighted by Gasteiger charge is -2.09. The first-order chi connectivity index (χ1) is 7.14. The molecule has 1 aliphatic heterocycles. The first-order valence-electron chi connectivity index (χ1n) is 5.25. The Balaban J connectivity index is 2.17. The van der Waals surface area contributed by atoms with Crippen molar-refractivity contribution in [1.82, 2.24) is 4.72 Å². The molecule has 0 radical (unpaired) electrons. The summed E-state index contributed by atoms with van der Waals surface area (Å²) < 4.78 is 30.7. The summed E-state index contributed by atoms with van der Waals surface area (Å²) in [5.41, 5.74) is 0. The van der Waals surface area contributed by atoms with E-state index >= 15 is 0 Å². The van der Waals surface area contributed by atoms with Crippen LogP contribution in [0.4, 0.5) is 0 Å². The normalized spacial score (nSPS) is 22.1. The van der Waals surface area contributed by atoms with Gasteiger partial charge in [-0.3, -0.25) is 0 Å². The van der Waals surface area contributed by atoms with Gasteiger partial charge in [-0.15, -0.1) is 11.6 Å². The van der Waals surface area contributed by atoms with Crippen molar-refractivity contribution >= 4 is 21.6 Å². The average Bonchev–Trinajstić information content (AvgIpc) is 2.68. The van der Waals surface area contributed by atoms with Crippen LogP contribution in [0.2, 0.25) is 0 Å². The quantitative estimate of drug-likeness (QED) is 0.545. The van der Waals surface area contributed by atoms with Gasteiger partial charge in [-0.05, 0) is 25.2 Å². The molecule has 15 heavy (non-hydrogen) atoms. The smallest absolute Gasteiger partial charge is 0.211 e. The van der Waals surface area contributed by atoms with Crippen molar-refractivity contribution in [3.8, 4) is 0 Å². The van der Waals surface area contributed by atoms with Crippen molar-refractivity contribution in [3.05, 3.63) is 0 Å². The van der Waals surface area contributed by atoms with E-state index in [1.54, 1.807) is 0 Å². The van der Waals surface area contributed by atoms with Crippen molar-refractivity contribution in [2.24, 2.45) is 5.92 Å². The summed E-state index contributed by atoms with van der Waals surface area (Å²) in [4.78, 5) is 0. The van der Waals surface area contributed by atoms with Gasteiger partial charge in [0.1, 0.15) is 0 Å². The molecule has 1 saturated heterocycles. The van der Waals surface area contributed by atoms with E-state index in [1.807, 2.05) is 0 Å². The minimum absolute atomic E-state index is 0.174. The Kier molecular flexibility index (Phi) is 5.89. The maximum atomic E-state index is 11.5. The fourth-order valence-electron chi connectivity index (χ4n) is 1.45. The van der Waals surface area contributed by atoms with Crippen LogP contribution < -0.4 is 4.72 Å². The lowest BCUT2D eigenvalue weighted by Crippen LogP contribution is -2.31. The minimum atomic E-state index is -3.11. The number of hydrogen-bond acceptors (Lipinski definition) is 3. The Morgan fingerprint density at radius 1 is 1.40 bits per heavy atom. The third kappa shape index (κ3) is 5.70. The number of nitrogens with one attached hydrogen (secondary N) is 1. The van der Waals surface area contributed by atoms with Crippen LogP contribution in [0.1, 0.15) is 19.3 Å². The highest BCUT2D eigenvalue weighted by molar-refractivity contribution is 7.89. The van der Waals surface area contributed by atoms with Crippen LogP contribution in [0.3, 0.4) is 0 Å². The number of hydrogen-bond donors (Lipinski definition) is 1. The fraction of sp³-hybridized carbons (Fsp3) is 1.00. The molecule has 0 aromatic carbocycles. The first-order valence-corrected chi connectivity index (χ1v) is 7.44. The Morgan fingerprint density at radius 2 is 2.20 bits per heavy atom. The number of halogens is 1. The standard InChI is InChI=1S/C9H18ClNO3S/c10-4-1-2-6-15(12,13)11-7-9-3-5-14-8-9/h9,11H,1-8H2. The van der Waals surface area contributed by atoms with Crippen LogP contribution in [0.15, 0.2) is 0 Å². The summed E-state index contributed by atoms with van der Waals surface area (Å²) >= 11 is 5.48. The lowest BCUT2D eigenvalue weighted by molar-refractivity contribution is 0.186. The molecule has 1 N–H and O–H groups in total. The first kappa shape index (κ1) is 13.2. The Bertz CT molecular complexity index is 263. The molecule has 1 fully saturated rings. The Morgan fingerprint density at radius 3 is 2.80 bits per heavy atom. The second-order valence-electron chi connectivity index (χ2n) is 3.79. The van der Waals surface area contributed by atoms with Gasteiger partial charge in [-0.1, -0.05) is 0 Å². The molecule has 1 rings (SSSR count). The van der Waals surface area contributed by atoms with Crippen molar-refractivity contribution < 1.29 is 13.2 Å². The fourth-order valence-corrected chi connectivity index (χ4v) is 2.86. The maximum Gasteiger partial charge on any atom is 0.211 e. The molecule has 0 aliphatic carbocycles. The monoisotopic (exact) mass is 255 g/mol. The molecule has 6 heteroatoms. The topological polar surface area (TPSA) is 55.4 Å². The molecule has 90 valence electrons. The van der Waals surface area contributed by atoms with Crippen molar-refractivity contribution in [3.63, 3.8) is 0 Å². The summed E-state index contributed by atoms with van der Waals surface area (Å²) in [6, 6.07) is 0. The maximum absolute atomic E-state index is 11.5. The number of sulfonamides is 1. The van der Waals surface area contributed by atoms with E-state index in [-0.39, 0.29) is 5.75 Å². The molecule has 0 spiro atoms. The van der Waals surface area contributed by atoms with Gasteiger partial charge in [-0.25, -0.2) is 13.1 Å². The van der Waals surface area contributed by atoms with Crippen LogP contribution in [0.5, 0.6) is 0 Å². The Hall–Kier alpha value is 0.160. The second kappa shape index (κ2) is 6.68. The average molecular weight is 256 g/mol. The molecular formula is C9H18ClNO3S. The van der Waals surface area contributed by atoms with Gasteiger partial charge in [0.2, 0.25) is 10.0 Å². The van der Waals surface area contributed by atoms with Crippen molar-refractivity contribution in [1.29, 1.82) is 0 Å². The molecule has 1 unspecified atom stereocenters. The molecule has 4 nitrogen and oxygen atoms in total. The number of ether oxygens (including phenoxy) is 1. The SMILES string of the molecule is O=S(=O)(CCCCCl)NCC1CCOC1. The van der Waals surface area contributed by atoms with Gasteiger partial charge in [-0.2, -0.15) is 0 Å². The summed E-state index contributed by atoms with van der Waals surface area (Å²) in [6.45, 7) is 1.92. The highest BCUT2D eigenvalue weighted by Crippen LogP contribution is 2.11. The van der Waals surface area contributed by atoms with Gasteiger partial charge in [0.25, 0.3) is 0 Å². The van der Waals surface area contributed by atoms with Gasteiger partial charge in [0, 0.05) is 19.0 Å². The molecule has 0 saturated carbocycles. The zero-order chi connectivity index (χ0) is 11.1. The summed E-state index contributed by atoms with van der Waals surface area (Å²) in [5, 5.41) is 0. The van der Waals surface area contributed by atoms with E-state index in [9.17, 15) is 8.42 Å². The molecule has 1 aliphatic rings. The van der Waals surface area contributed by atoms with Gasteiger partial charge < -0.3 is 4.74 Å². The molecule has 0 aromatic heterocycles. The zero-order valence-corrected chi connectivity index (χ0v) is 10.3. The highest BCUT2D eigenvalue weighted by Gasteiger charge is 2.18. The predicted molar refractivity (Wildman–Crippen MR) is 60.7 cm³/mol. The van der Waals surface area contributed by atoms with Gasteiger partial charge in [0.15, 0.2) is 0 Å². The Labute approximate surface area is 96.4 Å². The van der Waals surface area contributed by atoms with Crippen LogP contribution in [-0.2, 0) is 14.8 Å². The highest BCUT2D eigenvalue weighted by atomic mass is 35.5. The summed E-state index contributed by atoms with van der Waals surface area (Å²) in [5.74, 6) is 1.03. The molecule has 0 amide bonds. The van der Waals surface area contributed by atoms with Crippen molar-refractivity contribution in [2.45, 2.75) is 19.3 Å². The molecule has 1 heterocycles. The van der Waals surface area contributed by atoms with Gasteiger partial charge >= 0.3 is 0 Å². The van der Waals surface area contributed by atoms with Crippen molar-refractivity contribution in [2.75, 3.05) is 31.4 Å². The minimum Gasteiger partial charge on any atom is -0.381 e. The zero-order valence-electron chi connectivity index (χ0n) is 8.75. The van der Waals surface area contributed by atoms with E-state index in [4.69, 9.17) is 16.3 Å². The van der Waals surface area contributed by atoms with E-state index in [0.717, 1.165) is 19.4 Å². The van der Waals surface area contributed by atoms with E-state index < -0.39 is 10.0 Å². The third-order valence-corrected chi connectivity index (χ3v) is 4.11. The molecular weight excluding hydrogens is 238 g/mol. The van der Waals surface area contributed by atoms with E-state index in [0.29, 0.717) is 31.4 Å². The molecule has 1 atom stereocenters. The van der Waals surface area contributed by atoms with Crippen LogP contribution in [0.25, 0.3) is 0 Å². The number of unbranched alkanes of at least 4 members (excludes halogenated alkanes) is 1. The van der Waals surface area contributed by atoms with E-state index in [2.05, 4.69) is 4.72 Å². The van der Waals surface area contributed by atoms with Crippen LogP contribution in [0, 0.1) is 5.92 Å². The largest absolute Gasteiger partial charge is 0.381 e. The predicted octanol–water partition coefficient (Wildman–Crippen LogP) is 0.961. The summed E-state index contributed by atoms with van der Waals surface area (Å²) in [7, 11) is -3.11. The molecule has 0 bridgehead atoms.